The van der Waals surface area contributed by atoms with Crippen LogP contribution in [0.15, 0.2) is 36.6 Å². The van der Waals surface area contributed by atoms with Crippen molar-refractivity contribution in [3.63, 3.8) is 0 Å². The molecule has 0 unspecified atom stereocenters. The summed E-state index contributed by atoms with van der Waals surface area (Å²) >= 11 is 0. The van der Waals surface area contributed by atoms with E-state index in [0.717, 1.165) is 5.57 Å². The van der Waals surface area contributed by atoms with Gasteiger partial charge in [0.1, 0.15) is 0 Å². The molecule has 0 saturated carbocycles. The van der Waals surface area contributed by atoms with Crippen molar-refractivity contribution < 1.29 is 0 Å². The second-order valence-corrected chi connectivity index (χ2v) is 3.48. The molecule has 0 heterocycles. The maximum absolute atomic E-state index is 5.74. The van der Waals surface area contributed by atoms with E-state index in [1.807, 2.05) is 46.8 Å². The first-order valence-electron chi connectivity index (χ1n) is 6.75. The highest BCUT2D eigenvalue weighted by Crippen LogP contribution is 2.24. The van der Waals surface area contributed by atoms with Crippen molar-refractivity contribution >= 4 is 5.57 Å². The molecule has 1 nitrogen and oxygen atoms in total. The minimum Gasteiger partial charge on any atom is -0.399 e. The van der Waals surface area contributed by atoms with E-state index < -0.39 is 0 Å². The summed E-state index contributed by atoms with van der Waals surface area (Å²) in [4.78, 5) is 0. The number of aryl methyl sites for hydroxylation is 1. The molecule has 0 amide bonds. The van der Waals surface area contributed by atoms with E-state index in [1.165, 1.54) is 16.7 Å². The lowest BCUT2D eigenvalue weighted by molar-refractivity contribution is 1.30. The minimum absolute atomic E-state index is 0.626. The first kappa shape index (κ1) is 18.9. The van der Waals surface area contributed by atoms with Gasteiger partial charge in [-0.1, -0.05) is 58.5 Å². The largest absolute Gasteiger partial charge is 0.399 e. The highest BCUT2D eigenvalue weighted by atomic mass is 14.6. The summed E-state index contributed by atoms with van der Waals surface area (Å²) < 4.78 is 0. The topological polar surface area (TPSA) is 26.0 Å². The fourth-order valence-electron chi connectivity index (χ4n) is 1.56. The monoisotopic (exact) mass is 247 g/mol. The molecule has 0 atom stereocenters. The molecule has 0 fully saturated rings. The molecule has 0 aliphatic rings. The fraction of sp³-hybridized carbons (Fsp3) is 0.412. The van der Waals surface area contributed by atoms with Gasteiger partial charge in [0.2, 0.25) is 0 Å². The molecule has 0 aliphatic heterocycles. The summed E-state index contributed by atoms with van der Waals surface area (Å²) in [6.07, 6.45) is 2.00. The van der Waals surface area contributed by atoms with Crippen molar-refractivity contribution in [1.29, 1.82) is 0 Å². The highest BCUT2D eigenvalue weighted by Gasteiger charge is 2.06. The first-order chi connectivity index (χ1) is 8.57. The molecule has 102 valence electrons. The van der Waals surface area contributed by atoms with Crippen molar-refractivity contribution in [3.8, 4) is 0 Å². The van der Waals surface area contributed by atoms with Gasteiger partial charge in [-0.25, -0.2) is 0 Å². The van der Waals surface area contributed by atoms with Gasteiger partial charge in [-0.2, -0.15) is 0 Å². The Labute approximate surface area is 113 Å². The van der Waals surface area contributed by atoms with Gasteiger partial charge in [0.15, 0.2) is 0 Å². The van der Waals surface area contributed by atoms with E-state index >= 15 is 0 Å². The summed E-state index contributed by atoms with van der Waals surface area (Å²) in [5, 5.41) is 0. The summed E-state index contributed by atoms with van der Waals surface area (Å²) in [7, 11) is 0. The van der Waals surface area contributed by atoms with E-state index in [1.54, 1.807) is 0 Å². The van der Waals surface area contributed by atoms with Crippen LogP contribution >= 0.6 is 0 Å². The zero-order chi connectivity index (χ0) is 14.7. The Kier molecular flexibility index (Phi) is 11.1. The summed E-state index contributed by atoms with van der Waals surface area (Å²) in [5.41, 5.74) is 11.1. The molecule has 0 radical (unpaired) electrons. The highest BCUT2D eigenvalue weighted by molar-refractivity contribution is 5.79. The second-order valence-electron chi connectivity index (χ2n) is 3.48. The summed E-state index contributed by atoms with van der Waals surface area (Å²) in [5.74, 6) is 0. The molecule has 18 heavy (non-hydrogen) atoms. The van der Waals surface area contributed by atoms with Gasteiger partial charge in [-0.3, -0.25) is 0 Å². The van der Waals surface area contributed by atoms with Gasteiger partial charge in [0.05, 0.1) is 0 Å². The van der Waals surface area contributed by atoms with Crippen LogP contribution in [0.25, 0.3) is 5.57 Å². The molecule has 0 aliphatic carbocycles. The van der Waals surface area contributed by atoms with E-state index in [0.29, 0.717) is 5.70 Å². The van der Waals surface area contributed by atoms with Crippen LogP contribution < -0.4 is 5.73 Å². The van der Waals surface area contributed by atoms with Crippen LogP contribution in [0.1, 0.15) is 51.3 Å². The molecule has 0 spiro atoms. The van der Waals surface area contributed by atoms with Crippen LogP contribution in [0.5, 0.6) is 0 Å². The molecule has 1 rings (SSSR count). The summed E-state index contributed by atoms with van der Waals surface area (Å²) in [6.45, 7) is 18.0. The van der Waals surface area contributed by atoms with Crippen LogP contribution in [0.3, 0.4) is 0 Å². The van der Waals surface area contributed by atoms with Gasteiger partial charge in [-0.15, -0.1) is 0 Å². The molecule has 0 bridgehead atoms. The lowest BCUT2D eigenvalue weighted by Gasteiger charge is -2.11. The van der Waals surface area contributed by atoms with E-state index in [-0.39, 0.29) is 0 Å². The number of hydrogen-bond acceptors (Lipinski definition) is 1. The molecule has 2 N–H and O–H groups in total. The fourth-order valence-corrected chi connectivity index (χ4v) is 1.56. The Morgan fingerprint density at radius 2 is 1.61 bits per heavy atom. The van der Waals surface area contributed by atoms with Gasteiger partial charge < -0.3 is 5.73 Å². The zero-order valence-electron chi connectivity index (χ0n) is 13.1. The van der Waals surface area contributed by atoms with E-state index in [4.69, 9.17) is 5.73 Å². The minimum atomic E-state index is 0.626. The van der Waals surface area contributed by atoms with Crippen LogP contribution in [-0.2, 0) is 0 Å². The van der Waals surface area contributed by atoms with E-state index in [9.17, 15) is 0 Å². The van der Waals surface area contributed by atoms with Crippen molar-refractivity contribution in [2.45, 2.75) is 48.5 Å². The predicted octanol–water partition coefficient (Wildman–Crippen LogP) is 5.23. The van der Waals surface area contributed by atoms with Gasteiger partial charge >= 0.3 is 0 Å². The zero-order valence-corrected chi connectivity index (χ0v) is 13.1. The predicted molar refractivity (Wildman–Crippen MR) is 85.6 cm³/mol. The smallest absolute Gasteiger partial charge is 0.0317 e. The Bertz CT molecular complexity index is 387. The van der Waals surface area contributed by atoms with Crippen LogP contribution in [0.4, 0.5) is 0 Å². The second kappa shape index (κ2) is 10.6. The normalized spacial score (nSPS) is 9.61. The van der Waals surface area contributed by atoms with Gasteiger partial charge in [0, 0.05) is 11.3 Å². The maximum atomic E-state index is 5.74. The number of allylic oxidation sites excluding steroid dienone is 2. The average Bonchev–Trinajstić information content (AvgIpc) is 2.40. The number of hydrogen-bond donors (Lipinski definition) is 1. The molecule has 0 aromatic heterocycles. The van der Waals surface area contributed by atoms with Crippen molar-refractivity contribution in [1.82, 2.24) is 0 Å². The van der Waals surface area contributed by atoms with Gasteiger partial charge in [0.25, 0.3) is 0 Å². The summed E-state index contributed by atoms with van der Waals surface area (Å²) in [6, 6.07) is 6.23. The maximum Gasteiger partial charge on any atom is 0.0317 e. The molecule has 0 saturated heterocycles. The molecular weight excluding hydrogens is 218 g/mol. The SMILES string of the molecule is C=C(N)/C(=C/C)c1cccc(C)c1C.CC.CC. The van der Waals surface area contributed by atoms with Crippen molar-refractivity contribution in [3.05, 3.63) is 53.2 Å². The lowest BCUT2D eigenvalue weighted by Crippen LogP contribution is -2.00. The Hall–Kier alpha value is -1.50. The Morgan fingerprint density at radius 3 is 2.00 bits per heavy atom. The number of rotatable bonds is 2. The molecule has 1 aromatic rings. The van der Waals surface area contributed by atoms with Gasteiger partial charge in [-0.05, 0) is 37.5 Å². The quantitative estimate of drug-likeness (QED) is 0.711. The molecule has 1 heteroatoms. The Morgan fingerprint density at radius 1 is 1.11 bits per heavy atom. The van der Waals surface area contributed by atoms with Crippen molar-refractivity contribution in [2.24, 2.45) is 5.73 Å². The third-order valence-corrected chi connectivity index (χ3v) is 2.53. The van der Waals surface area contributed by atoms with Crippen LogP contribution in [0, 0.1) is 13.8 Å². The van der Waals surface area contributed by atoms with E-state index in [2.05, 4.69) is 32.6 Å². The lowest BCUT2D eigenvalue weighted by atomic mass is 9.95. The average molecular weight is 247 g/mol. The molecular formula is C17H29N. The number of benzene rings is 1. The third kappa shape index (κ3) is 5.22. The molecule has 1 aromatic carbocycles. The van der Waals surface area contributed by atoms with Crippen molar-refractivity contribution in [2.75, 3.05) is 0 Å². The third-order valence-electron chi connectivity index (χ3n) is 2.53. The first-order valence-corrected chi connectivity index (χ1v) is 6.75. The number of nitrogens with two attached hydrogens (primary N) is 1. The van der Waals surface area contributed by atoms with Crippen LogP contribution in [0.2, 0.25) is 0 Å². The standard InChI is InChI=1S/C13H17N.2C2H6/c1-5-12(11(4)14)13-8-6-7-9(2)10(13)3;2*1-2/h5-8H,4,14H2,1-3H3;2*1-2H3/b12-5-;;. The Balaban J connectivity index is 0. The van der Waals surface area contributed by atoms with Crippen LogP contribution in [-0.4, -0.2) is 0 Å².